The molecular weight excluding hydrogens is 374 g/mol. The van der Waals surface area contributed by atoms with E-state index in [1.54, 1.807) is 18.3 Å². The number of nitro benzene ring substituents is 1. The molecule has 1 heterocycles. The third-order valence-electron chi connectivity index (χ3n) is 3.94. The lowest BCUT2D eigenvalue weighted by Gasteiger charge is -2.09. The van der Waals surface area contributed by atoms with Gasteiger partial charge >= 0.3 is 0 Å². The monoisotopic (exact) mass is 393 g/mol. The van der Waals surface area contributed by atoms with Gasteiger partial charge in [-0.25, -0.2) is 4.98 Å². The molecule has 3 rings (SSSR count). The molecular formula is C21H19N3O5. The van der Waals surface area contributed by atoms with Gasteiger partial charge in [0.15, 0.2) is 0 Å². The van der Waals surface area contributed by atoms with Crippen LogP contribution in [-0.4, -0.2) is 29.0 Å². The summed E-state index contributed by atoms with van der Waals surface area (Å²) in [4.78, 5) is 26.5. The van der Waals surface area contributed by atoms with Crippen LogP contribution in [0.1, 0.15) is 15.9 Å². The highest BCUT2D eigenvalue weighted by molar-refractivity contribution is 5.94. The average molecular weight is 393 g/mol. The number of rotatable bonds is 9. The number of amides is 1. The second-order valence-electron chi connectivity index (χ2n) is 6.00. The van der Waals surface area contributed by atoms with Crippen molar-refractivity contribution in [2.24, 2.45) is 0 Å². The Hall–Kier alpha value is -3.94. The summed E-state index contributed by atoms with van der Waals surface area (Å²) in [5.41, 5.74) is 1.09. The molecule has 8 nitrogen and oxygen atoms in total. The maximum absolute atomic E-state index is 12.1. The Morgan fingerprint density at radius 2 is 1.69 bits per heavy atom. The van der Waals surface area contributed by atoms with Crippen LogP contribution in [0.3, 0.4) is 0 Å². The van der Waals surface area contributed by atoms with Gasteiger partial charge < -0.3 is 14.8 Å². The highest BCUT2D eigenvalue weighted by atomic mass is 16.6. The van der Waals surface area contributed by atoms with Gasteiger partial charge in [-0.3, -0.25) is 14.9 Å². The standard InChI is InChI=1S/C21H19N3O5/c25-21(17-7-9-18(10-8-17)24(26)27)23-15-16-6-11-20(22-14-16)29-13-12-28-19-4-2-1-3-5-19/h1-11,14H,12-13,15H2,(H,23,25). The number of hydrogen-bond acceptors (Lipinski definition) is 6. The van der Waals surface area contributed by atoms with Gasteiger partial charge in [-0.1, -0.05) is 24.3 Å². The number of para-hydroxylation sites is 1. The zero-order valence-corrected chi connectivity index (χ0v) is 15.5. The normalized spacial score (nSPS) is 10.2. The first-order chi connectivity index (χ1) is 14.1. The summed E-state index contributed by atoms with van der Waals surface area (Å²) in [7, 11) is 0. The highest BCUT2D eigenvalue weighted by Gasteiger charge is 2.09. The van der Waals surface area contributed by atoms with E-state index in [9.17, 15) is 14.9 Å². The van der Waals surface area contributed by atoms with Crippen LogP contribution in [0.5, 0.6) is 11.6 Å². The second kappa shape index (κ2) is 9.84. The van der Waals surface area contributed by atoms with Crippen molar-refractivity contribution in [1.82, 2.24) is 10.3 Å². The van der Waals surface area contributed by atoms with Crippen LogP contribution in [0.4, 0.5) is 5.69 Å². The maximum Gasteiger partial charge on any atom is 0.269 e. The zero-order chi connectivity index (χ0) is 20.5. The second-order valence-corrected chi connectivity index (χ2v) is 6.00. The van der Waals surface area contributed by atoms with Gasteiger partial charge in [0.1, 0.15) is 19.0 Å². The first kappa shape index (κ1) is 19.8. The molecule has 0 spiro atoms. The predicted molar refractivity (Wildman–Crippen MR) is 106 cm³/mol. The summed E-state index contributed by atoms with van der Waals surface area (Å²) < 4.78 is 11.1. The fourth-order valence-electron chi connectivity index (χ4n) is 2.44. The summed E-state index contributed by atoms with van der Waals surface area (Å²) in [5.74, 6) is 0.925. The minimum atomic E-state index is -0.509. The van der Waals surface area contributed by atoms with E-state index in [4.69, 9.17) is 9.47 Å². The Kier molecular flexibility index (Phi) is 6.72. The molecule has 0 radical (unpaired) electrons. The molecule has 0 saturated heterocycles. The van der Waals surface area contributed by atoms with Crippen molar-refractivity contribution < 1.29 is 19.2 Å². The Morgan fingerprint density at radius 1 is 0.966 bits per heavy atom. The third-order valence-corrected chi connectivity index (χ3v) is 3.94. The van der Waals surface area contributed by atoms with Crippen LogP contribution in [0.2, 0.25) is 0 Å². The lowest BCUT2D eigenvalue weighted by molar-refractivity contribution is -0.384. The van der Waals surface area contributed by atoms with Crippen LogP contribution in [0, 0.1) is 10.1 Å². The molecule has 148 valence electrons. The highest BCUT2D eigenvalue weighted by Crippen LogP contribution is 2.13. The van der Waals surface area contributed by atoms with Crippen molar-refractivity contribution in [2.45, 2.75) is 6.54 Å². The Balaban J connectivity index is 1.41. The first-order valence-corrected chi connectivity index (χ1v) is 8.90. The number of nitrogens with zero attached hydrogens (tertiary/aromatic N) is 2. The van der Waals surface area contributed by atoms with Crippen LogP contribution >= 0.6 is 0 Å². The first-order valence-electron chi connectivity index (χ1n) is 8.90. The number of pyridine rings is 1. The quantitative estimate of drug-likeness (QED) is 0.340. The minimum absolute atomic E-state index is 0.0597. The molecule has 2 aromatic carbocycles. The number of ether oxygens (including phenoxy) is 2. The number of nitro groups is 1. The topological polar surface area (TPSA) is 104 Å². The molecule has 0 aliphatic heterocycles. The van der Waals surface area contributed by atoms with E-state index in [2.05, 4.69) is 10.3 Å². The molecule has 0 aliphatic rings. The van der Waals surface area contributed by atoms with Crippen molar-refractivity contribution in [3.05, 3.63) is 94.2 Å². The molecule has 0 bridgehead atoms. The average Bonchev–Trinajstić information content (AvgIpc) is 2.76. The lowest BCUT2D eigenvalue weighted by Crippen LogP contribution is -2.22. The SMILES string of the molecule is O=C(NCc1ccc(OCCOc2ccccc2)nc1)c1ccc([N+](=O)[O-])cc1. The van der Waals surface area contributed by atoms with Crippen molar-refractivity contribution in [3.8, 4) is 11.6 Å². The summed E-state index contributed by atoms with van der Waals surface area (Å²) in [6.07, 6.45) is 1.61. The van der Waals surface area contributed by atoms with Gasteiger partial charge in [-0.05, 0) is 29.8 Å². The van der Waals surface area contributed by atoms with Gasteiger partial charge in [0.05, 0.1) is 4.92 Å². The number of non-ortho nitro benzene ring substituents is 1. The number of benzene rings is 2. The van der Waals surface area contributed by atoms with Crippen molar-refractivity contribution in [2.75, 3.05) is 13.2 Å². The fraction of sp³-hybridized carbons (Fsp3) is 0.143. The summed E-state index contributed by atoms with van der Waals surface area (Å²) in [6, 6.07) is 18.4. The van der Waals surface area contributed by atoms with E-state index in [0.29, 0.717) is 24.7 Å². The van der Waals surface area contributed by atoms with E-state index < -0.39 is 4.92 Å². The van der Waals surface area contributed by atoms with E-state index in [1.165, 1.54) is 24.3 Å². The van der Waals surface area contributed by atoms with Crippen molar-refractivity contribution >= 4 is 11.6 Å². The van der Waals surface area contributed by atoms with Crippen LogP contribution < -0.4 is 14.8 Å². The molecule has 0 saturated carbocycles. The summed E-state index contributed by atoms with van der Waals surface area (Å²) >= 11 is 0. The molecule has 8 heteroatoms. The molecule has 3 aromatic rings. The van der Waals surface area contributed by atoms with Crippen LogP contribution in [0.25, 0.3) is 0 Å². The van der Waals surface area contributed by atoms with E-state index >= 15 is 0 Å². The zero-order valence-electron chi connectivity index (χ0n) is 15.5. The Bertz CT molecular complexity index is 944. The molecule has 1 amide bonds. The number of hydrogen-bond donors (Lipinski definition) is 1. The Labute approximate surface area is 167 Å². The van der Waals surface area contributed by atoms with Gasteiger partial charge in [0, 0.05) is 36.5 Å². The number of carbonyl (C=O) groups excluding carboxylic acids is 1. The molecule has 0 unspecified atom stereocenters. The molecule has 1 N–H and O–H groups in total. The van der Waals surface area contributed by atoms with E-state index in [0.717, 1.165) is 11.3 Å². The number of nitrogens with one attached hydrogen (secondary N) is 1. The maximum atomic E-state index is 12.1. The Morgan fingerprint density at radius 3 is 2.34 bits per heavy atom. The molecule has 0 atom stereocenters. The number of aromatic nitrogens is 1. The molecule has 0 aliphatic carbocycles. The predicted octanol–water partition coefficient (Wildman–Crippen LogP) is 3.38. The molecule has 0 fully saturated rings. The van der Waals surface area contributed by atoms with E-state index in [-0.39, 0.29) is 18.1 Å². The van der Waals surface area contributed by atoms with Crippen LogP contribution in [0.15, 0.2) is 72.9 Å². The van der Waals surface area contributed by atoms with Gasteiger partial charge in [-0.2, -0.15) is 0 Å². The molecule has 29 heavy (non-hydrogen) atoms. The van der Waals surface area contributed by atoms with Crippen molar-refractivity contribution in [1.29, 1.82) is 0 Å². The third kappa shape index (κ3) is 6.03. The number of carbonyl (C=O) groups is 1. The lowest BCUT2D eigenvalue weighted by atomic mass is 10.2. The summed E-state index contributed by atoms with van der Waals surface area (Å²) in [6.45, 7) is 1.04. The van der Waals surface area contributed by atoms with Crippen molar-refractivity contribution in [3.63, 3.8) is 0 Å². The van der Waals surface area contributed by atoms with Gasteiger partial charge in [-0.15, -0.1) is 0 Å². The molecule has 1 aromatic heterocycles. The largest absolute Gasteiger partial charge is 0.490 e. The van der Waals surface area contributed by atoms with E-state index in [1.807, 2.05) is 30.3 Å². The van der Waals surface area contributed by atoms with Gasteiger partial charge in [0.25, 0.3) is 11.6 Å². The smallest absolute Gasteiger partial charge is 0.269 e. The summed E-state index contributed by atoms with van der Waals surface area (Å²) in [5, 5.41) is 13.4. The van der Waals surface area contributed by atoms with Gasteiger partial charge in [0.2, 0.25) is 5.88 Å². The van der Waals surface area contributed by atoms with Crippen LogP contribution in [-0.2, 0) is 6.54 Å². The fourth-order valence-corrected chi connectivity index (χ4v) is 2.44. The minimum Gasteiger partial charge on any atom is -0.490 e.